The summed E-state index contributed by atoms with van der Waals surface area (Å²) in [5, 5.41) is 1.63. The Hall–Kier alpha value is -0.670. The highest BCUT2D eigenvalue weighted by Crippen LogP contribution is 2.29. The van der Waals surface area contributed by atoms with Gasteiger partial charge in [0.1, 0.15) is 0 Å². The lowest BCUT2D eigenvalue weighted by Crippen LogP contribution is -1.84. The summed E-state index contributed by atoms with van der Waals surface area (Å²) in [6, 6.07) is 5.18. The van der Waals surface area contributed by atoms with Crippen LogP contribution in [0.3, 0.4) is 0 Å². The number of halogens is 4. The zero-order valence-corrected chi connectivity index (χ0v) is 11.6. The van der Waals surface area contributed by atoms with Crippen molar-refractivity contribution in [3.05, 3.63) is 52.5 Å². The minimum Gasteiger partial charge on any atom is -0.312 e. The van der Waals surface area contributed by atoms with E-state index in [1.54, 1.807) is 47.7 Å². The SMILES string of the molecule is Cl.Cl/C(=C/n1ccnc1)c1ccc(Cl)cc1Cl. The van der Waals surface area contributed by atoms with Crippen molar-refractivity contribution in [2.45, 2.75) is 0 Å². The molecule has 0 aliphatic carbocycles. The van der Waals surface area contributed by atoms with Crippen LogP contribution in [0, 0.1) is 0 Å². The van der Waals surface area contributed by atoms with Gasteiger partial charge in [0, 0.05) is 29.2 Å². The second kappa shape index (κ2) is 6.31. The van der Waals surface area contributed by atoms with Gasteiger partial charge >= 0.3 is 0 Å². The van der Waals surface area contributed by atoms with Gasteiger partial charge in [0.2, 0.25) is 0 Å². The second-order valence-corrected chi connectivity index (χ2v) is 4.36. The molecule has 0 aliphatic heterocycles. The highest BCUT2D eigenvalue weighted by atomic mass is 35.5. The molecule has 0 saturated heterocycles. The number of nitrogens with zero attached hydrogens (tertiary/aromatic N) is 2. The number of rotatable bonds is 2. The number of benzene rings is 1. The van der Waals surface area contributed by atoms with Crippen molar-refractivity contribution >= 4 is 58.4 Å². The second-order valence-electron chi connectivity index (χ2n) is 3.11. The maximum atomic E-state index is 6.14. The number of imidazole rings is 1. The van der Waals surface area contributed by atoms with Crippen LogP contribution < -0.4 is 0 Å². The molecule has 2 rings (SSSR count). The van der Waals surface area contributed by atoms with Crippen LogP contribution in [-0.2, 0) is 0 Å². The van der Waals surface area contributed by atoms with E-state index in [4.69, 9.17) is 34.8 Å². The average molecular weight is 310 g/mol. The van der Waals surface area contributed by atoms with Crippen molar-refractivity contribution in [1.29, 1.82) is 0 Å². The number of hydrogen-bond acceptors (Lipinski definition) is 1. The zero-order valence-electron chi connectivity index (χ0n) is 8.48. The van der Waals surface area contributed by atoms with Crippen molar-refractivity contribution in [1.82, 2.24) is 9.55 Å². The van der Waals surface area contributed by atoms with E-state index < -0.39 is 0 Å². The van der Waals surface area contributed by atoms with Crippen molar-refractivity contribution < 1.29 is 0 Å². The van der Waals surface area contributed by atoms with Gasteiger partial charge < -0.3 is 4.57 Å². The van der Waals surface area contributed by atoms with Gasteiger partial charge in [-0.15, -0.1) is 12.4 Å². The minimum absolute atomic E-state index is 0. The van der Waals surface area contributed by atoms with Crippen molar-refractivity contribution in [2.75, 3.05) is 0 Å². The van der Waals surface area contributed by atoms with Crippen LogP contribution in [0.15, 0.2) is 36.9 Å². The normalized spacial score (nSPS) is 11.1. The monoisotopic (exact) mass is 308 g/mol. The van der Waals surface area contributed by atoms with E-state index in [0.717, 1.165) is 5.56 Å². The lowest BCUT2D eigenvalue weighted by Gasteiger charge is -2.03. The van der Waals surface area contributed by atoms with Gasteiger partial charge in [-0.05, 0) is 12.1 Å². The third-order valence-electron chi connectivity index (χ3n) is 1.98. The molecule has 0 N–H and O–H groups in total. The van der Waals surface area contributed by atoms with Gasteiger partial charge in [0.15, 0.2) is 0 Å². The van der Waals surface area contributed by atoms with Crippen LogP contribution in [0.1, 0.15) is 5.56 Å². The fourth-order valence-electron chi connectivity index (χ4n) is 1.23. The van der Waals surface area contributed by atoms with Gasteiger partial charge in [0.05, 0.1) is 16.4 Å². The highest BCUT2D eigenvalue weighted by Gasteiger charge is 2.04. The van der Waals surface area contributed by atoms with Gasteiger partial charge in [-0.25, -0.2) is 4.98 Å². The van der Waals surface area contributed by atoms with E-state index in [9.17, 15) is 0 Å². The zero-order chi connectivity index (χ0) is 11.5. The molecule has 0 radical (unpaired) electrons. The molecule has 0 saturated carbocycles. The summed E-state index contributed by atoms with van der Waals surface area (Å²) in [7, 11) is 0. The summed E-state index contributed by atoms with van der Waals surface area (Å²) >= 11 is 18.0. The number of aromatic nitrogens is 2. The first-order valence-electron chi connectivity index (χ1n) is 4.47. The van der Waals surface area contributed by atoms with E-state index in [2.05, 4.69) is 4.98 Å². The smallest absolute Gasteiger partial charge is 0.0987 e. The van der Waals surface area contributed by atoms with Gasteiger partial charge in [-0.3, -0.25) is 0 Å². The van der Waals surface area contributed by atoms with Crippen LogP contribution in [0.5, 0.6) is 0 Å². The molecular weight excluding hydrogens is 302 g/mol. The first-order chi connectivity index (χ1) is 7.66. The van der Waals surface area contributed by atoms with Gasteiger partial charge in [0.25, 0.3) is 0 Å². The molecule has 6 heteroatoms. The molecule has 1 heterocycles. The largest absolute Gasteiger partial charge is 0.312 e. The highest BCUT2D eigenvalue weighted by molar-refractivity contribution is 6.52. The molecule has 0 unspecified atom stereocenters. The van der Waals surface area contributed by atoms with Crippen molar-refractivity contribution in [3.63, 3.8) is 0 Å². The Kier molecular flexibility index (Phi) is 5.34. The van der Waals surface area contributed by atoms with Crippen LogP contribution in [0.25, 0.3) is 11.2 Å². The minimum atomic E-state index is 0. The summed E-state index contributed by atoms with van der Waals surface area (Å²) in [6.07, 6.45) is 6.83. The molecule has 0 fully saturated rings. The van der Waals surface area contributed by atoms with Crippen molar-refractivity contribution in [2.24, 2.45) is 0 Å². The summed E-state index contributed by atoms with van der Waals surface area (Å²) < 4.78 is 1.74. The Morgan fingerprint density at radius 1 is 1.29 bits per heavy atom. The maximum Gasteiger partial charge on any atom is 0.0987 e. The molecule has 1 aromatic heterocycles. The molecule has 0 atom stereocenters. The molecule has 0 spiro atoms. The predicted molar refractivity (Wildman–Crippen MR) is 76.0 cm³/mol. The third kappa shape index (κ3) is 3.65. The number of hydrogen-bond donors (Lipinski definition) is 0. The molecule has 0 aliphatic rings. The molecule has 0 amide bonds. The molecule has 90 valence electrons. The quantitative estimate of drug-likeness (QED) is 0.778. The fraction of sp³-hybridized carbons (Fsp3) is 0. The Bertz CT molecular complexity index is 520. The maximum absolute atomic E-state index is 6.14. The predicted octanol–water partition coefficient (Wildman–Crippen LogP) is 4.81. The Labute approximate surface area is 120 Å². The van der Waals surface area contributed by atoms with Gasteiger partial charge in [-0.1, -0.05) is 40.9 Å². The van der Waals surface area contributed by atoms with Crippen molar-refractivity contribution in [3.8, 4) is 0 Å². The van der Waals surface area contributed by atoms with E-state index in [-0.39, 0.29) is 12.4 Å². The first kappa shape index (κ1) is 14.4. The standard InChI is InChI=1S/C11H7Cl3N2.ClH/c12-8-1-2-9(10(13)5-8)11(14)6-16-4-3-15-7-16;/h1-7H;1H/b11-6+;. The summed E-state index contributed by atoms with van der Waals surface area (Å²) in [5.74, 6) is 0. The van der Waals surface area contributed by atoms with Gasteiger partial charge in [-0.2, -0.15) is 0 Å². The molecule has 1 aromatic carbocycles. The van der Waals surface area contributed by atoms with E-state index in [1.807, 2.05) is 0 Å². The fourth-order valence-corrected chi connectivity index (χ4v) is 2.07. The lowest BCUT2D eigenvalue weighted by atomic mass is 10.2. The third-order valence-corrected chi connectivity index (χ3v) is 2.82. The van der Waals surface area contributed by atoms with Crippen LogP contribution in [0.2, 0.25) is 10.0 Å². The molecule has 2 nitrogen and oxygen atoms in total. The van der Waals surface area contributed by atoms with E-state index in [1.165, 1.54) is 0 Å². The molecule has 17 heavy (non-hydrogen) atoms. The van der Waals surface area contributed by atoms with Crippen LogP contribution in [0.4, 0.5) is 0 Å². The summed E-state index contributed by atoms with van der Waals surface area (Å²) in [4.78, 5) is 3.91. The van der Waals surface area contributed by atoms with Crippen LogP contribution >= 0.6 is 47.2 Å². The van der Waals surface area contributed by atoms with E-state index >= 15 is 0 Å². The summed E-state index contributed by atoms with van der Waals surface area (Å²) in [5.41, 5.74) is 0.737. The first-order valence-corrected chi connectivity index (χ1v) is 5.60. The lowest BCUT2D eigenvalue weighted by molar-refractivity contribution is 1.14. The topological polar surface area (TPSA) is 17.8 Å². The molecule has 2 aromatic rings. The molecule has 0 bridgehead atoms. The Morgan fingerprint density at radius 2 is 2.06 bits per heavy atom. The van der Waals surface area contributed by atoms with E-state index in [0.29, 0.717) is 15.1 Å². The van der Waals surface area contributed by atoms with Crippen LogP contribution in [-0.4, -0.2) is 9.55 Å². The Balaban J connectivity index is 0.00000144. The summed E-state index contributed by atoms with van der Waals surface area (Å²) in [6.45, 7) is 0. The molecular formula is C11H8Cl4N2. The average Bonchev–Trinajstić information content (AvgIpc) is 2.70. The Morgan fingerprint density at radius 3 is 2.65 bits per heavy atom.